The van der Waals surface area contributed by atoms with Crippen LogP contribution in [-0.4, -0.2) is 123 Å². The number of ether oxygens (including phenoxy) is 1. The molecule has 42 heavy (non-hydrogen) atoms. The number of piperidine rings is 2. The van der Waals surface area contributed by atoms with Gasteiger partial charge < -0.3 is 26.4 Å². The van der Waals surface area contributed by atoms with Crippen molar-refractivity contribution >= 4 is 11.8 Å². The Morgan fingerprint density at radius 2 is 1.83 bits per heavy atom. The summed E-state index contributed by atoms with van der Waals surface area (Å²) in [6, 6.07) is -1.29. The van der Waals surface area contributed by atoms with E-state index in [4.69, 9.17) is 10.5 Å². The highest BCUT2D eigenvalue weighted by Crippen LogP contribution is 2.40. The van der Waals surface area contributed by atoms with Crippen molar-refractivity contribution in [3.63, 3.8) is 0 Å². The van der Waals surface area contributed by atoms with Crippen molar-refractivity contribution in [1.82, 2.24) is 31.1 Å². The molecule has 9 unspecified atom stereocenters. The molecule has 238 valence electrons. The zero-order valence-electron chi connectivity index (χ0n) is 25.4. The molecule has 6 N–H and O–H groups in total. The van der Waals surface area contributed by atoms with E-state index in [0.29, 0.717) is 58.7 Å². The second-order valence-electron chi connectivity index (χ2n) is 13.3. The monoisotopic (exact) mass is 595 g/mol. The lowest BCUT2D eigenvalue weighted by Gasteiger charge is -2.46. The Morgan fingerprint density at radius 1 is 1.10 bits per heavy atom. The van der Waals surface area contributed by atoms with E-state index in [0.717, 1.165) is 6.42 Å². The van der Waals surface area contributed by atoms with Crippen LogP contribution in [0.25, 0.3) is 0 Å². The molecule has 0 aromatic heterocycles. The Balaban J connectivity index is 1.30. The van der Waals surface area contributed by atoms with Gasteiger partial charge in [-0.1, -0.05) is 32.9 Å². The number of rotatable bonds is 7. The number of fused-ring (bicyclic) bond motifs is 3. The molecular formula is C30H51F2N7O3. The summed E-state index contributed by atoms with van der Waals surface area (Å²) < 4.78 is 35.7. The summed E-state index contributed by atoms with van der Waals surface area (Å²) in [4.78, 5) is 31.0. The summed E-state index contributed by atoms with van der Waals surface area (Å²) in [5.74, 6) is -0.907. The third kappa shape index (κ3) is 6.68. The zero-order chi connectivity index (χ0) is 30.0. The van der Waals surface area contributed by atoms with Crippen LogP contribution in [0.2, 0.25) is 0 Å². The van der Waals surface area contributed by atoms with Gasteiger partial charge in [0, 0.05) is 37.6 Å². The summed E-state index contributed by atoms with van der Waals surface area (Å²) in [7, 11) is 0. The van der Waals surface area contributed by atoms with Crippen molar-refractivity contribution in [3.05, 3.63) is 12.2 Å². The van der Waals surface area contributed by atoms with Crippen LogP contribution in [0.5, 0.6) is 0 Å². The van der Waals surface area contributed by atoms with Gasteiger partial charge in [-0.15, -0.1) is 0 Å². The number of carbonyl (C=O) groups excluding carboxylic acids is 2. The van der Waals surface area contributed by atoms with Crippen molar-refractivity contribution in [3.8, 4) is 0 Å². The second kappa shape index (κ2) is 13.5. The zero-order valence-corrected chi connectivity index (χ0v) is 25.4. The number of hydrogen-bond acceptors (Lipinski definition) is 8. The second-order valence-corrected chi connectivity index (χ2v) is 13.3. The summed E-state index contributed by atoms with van der Waals surface area (Å²) in [5, 5.41) is 12.9. The molecule has 12 heteroatoms. The Hall–Kier alpha value is -1.70. The average Bonchev–Trinajstić information content (AvgIpc) is 3.03. The molecule has 5 aliphatic heterocycles. The van der Waals surface area contributed by atoms with E-state index in [1.54, 1.807) is 6.08 Å². The first kappa shape index (κ1) is 31.7. The quantitative estimate of drug-likeness (QED) is 0.266. The van der Waals surface area contributed by atoms with Crippen LogP contribution in [0.15, 0.2) is 12.2 Å². The standard InChI is InChI=1S/C30H51F2N7O3/c1-4-30(3)12-23-25(27(33)37-24(30)7-6-19(31)15-38(23)5-2)29(41)36-22-14-34-13-21(32)26(22)39-10-8-18(9-11-39)28(40)35-20-16-42-17-20/h6-7,18-27,34,37H,4-5,8-17,33H2,1-3H3,(H,35,40)(H,36,41). The molecule has 0 saturated carbocycles. The van der Waals surface area contributed by atoms with E-state index in [-0.39, 0.29) is 54.4 Å². The molecule has 2 amide bonds. The van der Waals surface area contributed by atoms with Gasteiger partial charge in [0.2, 0.25) is 11.8 Å². The van der Waals surface area contributed by atoms with Crippen LogP contribution in [-0.2, 0) is 14.3 Å². The van der Waals surface area contributed by atoms with E-state index < -0.39 is 36.5 Å². The van der Waals surface area contributed by atoms with Crippen LogP contribution in [0, 0.1) is 17.3 Å². The lowest BCUT2D eigenvalue weighted by Crippen LogP contribution is -2.68. The summed E-state index contributed by atoms with van der Waals surface area (Å²) in [5.41, 5.74) is 6.53. The smallest absolute Gasteiger partial charge is 0.227 e. The molecule has 5 aliphatic rings. The highest BCUT2D eigenvalue weighted by Gasteiger charge is 2.49. The number of likely N-dealkylation sites (tertiary alicyclic amines) is 1. The molecule has 4 saturated heterocycles. The van der Waals surface area contributed by atoms with Gasteiger partial charge in [0.1, 0.15) is 12.3 Å². The lowest BCUT2D eigenvalue weighted by atomic mass is 9.73. The number of halogens is 2. The number of hydrogen-bond donors (Lipinski definition) is 5. The van der Waals surface area contributed by atoms with Gasteiger partial charge in [0.15, 0.2) is 0 Å². The molecular weight excluding hydrogens is 544 g/mol. The molecule has 0 aromatic rings. The highest BCUT2D eigenvalue weighted by atomic mass is 19.1. The first-order chi connectivity index (χ1) is 20.1. The normalized spacial score (nSPS) is 40.8. The SMILES string of the molecule is CCN1CC(F)C=CC2NC(N)C(C(=O)NC3CNCC(F)C3N3CCC(C(=O)NC4COC4)CC3)C1CC2(C)CC. The minimum atomic E-state index is -1.17. The van der Waals surface area contributed by atoms with Gasteiger partial charge in [0.25, 0.3) is 0 Å². The minimum absolute atomic E-state index is 0.0483. The number of nitrogens with zero attached hydrogens (tertiary/aromatic N) is 2. The van der Waals surface area contributed by atoms with Gasteiger partial charge in [-0.3, -0.25) is 24.7 Å². The van der Waals surface area contributed by atoms with Crippen molar-refractivity contribution < 1.29 is 23.1 Å². The van der Waals surface area contributed by atoms with Gasteiger partial charge in [-0.25, -0.2) is 8.78 Å². The van der Waals surface area contributed by atoms with E-state index in [1.165, 1.54) is 0 Å². The molecule has 0 aromatic carbocycles. The van der Waals surface area contributed by atoms with Gasteiger partial charge in [0.05, 0.1) is 43.4 Å². The highest BCUT2D eigenvalue weighted by molar-refractivity contribution is 5.81. The minimum Gasteiger partial charge on any atom is -0.377 e. The van der Waals surface area contributed by atoms with Gasteiger partial charge in [-0.2, -0.15) is 0 Å². The van der Waals surface area contributed by atoms with Gasteiger partial charge in [-0.05, 0) is 50.7 Å². The Labute approximate surface area is 248 Å². The largest absolute Gasteiger partial charge is 0.377 e. The first-order valence-corrected chi connectivity index (χ1v) is 16.0. The number of carbonyl (C=O) groups is 2. The van der Waals surface area contributed by atoms with Crippen LogP contribution < -0.4 is 27.0 Å². The van der Waals surface area contributed by atoms with E-state index in [2.05, 4.69) is 44.9 Å². The molecule has 0 aliphatic carbocycles. The average molecular weight is 596 g/mol. The summed E-state index contributed by atoms with van der Waals surface area (Å²) in [6.45, 7) is 10.1. The van der Waals surface area contributed by atoms with Crippen LogP contribution >= 0.6 is 0 Å². The van der Waals surface area contributed by atoms with Crippen molar-refractivity contribution in [1.29, 1.82) is 0 Å². The van der Waals surface area contributed by atoms with E-state index in [1.807, 2.05) is 13.0 Å². The molecule has 2 bridgehead atoms. The molecule has 0 radical (unpaired) electrons. The fourth-order valence-electron chi connectivity index (χ4n) is 7.71. The fraction of sp³-hybridized carbons (Fsp3) is 0.867. The predicted octanol–water partition coefficient (Wildman–Crippen LogP) is 0.286. The molecule has 10 nitrogen and oxygen atoms in total. The number of alkyl halides is 2. The maximum atomic E-state index is 15.6. The van der Waals surface area contributed by atoms with Gasteiger partial charge >= 0.3 is 0 Å². The summed E-state index contributed by atoms with van der Waals surface area (Å²) in [6.07, 6.45) is 3.41. The molecule has 5 rings (SSSR count). The first-order valence-electron chi connectivity index (χ1n) is 16.0. The topological polar surface area (TPSA) is 124 Å². The molecule has 0 spiro atoms. The van der Waals surface area contributed by atoms with Crippen LogP contribution in [0.1, 0.15) is 46.5 Å². The fourth-order valence-corrected chi connectivity index (χ4v) is 7.71. The molecule has 5 heterocycles. The van der Waals surface area contributed by atoms with Crippen molar-refractivity contribution in [2.75, 3.05) is 52.5 Å². The van der Waals surface area contributed by atoms with Crippen LogP contribution in [0.4, 0.5) is 8.78 Å². The summed E-state index contributed by atoms with van der Waals surface area (Å²) >= 11 is 0. The molecule has 9 atom stereocenters. The maximum Gasteiger partial charge on any atom is 0.227 e. The number of nitrogens with one attached hydrogen (secondary N) is 4. The maximum absolute atomic E-state index is 15.6. The van der Waals surface area contributed by atoms with E-state index >= 15 is 4.39 Å². The lowest BCUT2D eigenvalue weighted by molar-refractivity contribution is -0.131. The third-order valence-corrected chi connectivity index (χ3v) is 10.6. The Kier molecular flexibility index (Phi) is 10.2. The van der Waals surface area contributed by atoms with Crippen molar-refractivity contribution in [2.45, 2.75) is 95.2 Å². The van der Waals surface area contributed by atoms with E-state index in [9.17, 15) is 14.0 Å². The Bertz CT molecular complexity index is 979. The Morgan fingerprint density at radius 3 is 2.48 bits per heavy atom. The van der Waals surface area contributed by atoms with Crippen LogP contribution in [0.3, 0.4) is 0 Å². The number of nitrogens with two attached hydrogens (primary N) is 1. The number of amides is 2. The van der Waals surface area contributed by atoms with Crippen molar-refractivity contribution in [2.24, 2.45) is 23.0 Å². The predicted molar refractivity (Wildman–Crippen MR) is 157 cm³/mol. The third-order valence-electron chi connectivity index (χ3n) is 10.6. The molecule has 4 fully saturated rings.